The molecular weight excluding hydrogens is 260 g/mol. The number of nitrogens with zero attached hydrogens (tertiary/aromatic N) is 1. The van der Waals surface area contributed by atoms with E-state index >= 15 is 0 Å². The van der Waals surface area contributed by atoms with Crippen molar-refractivity contribution in [3.63, 3.8) is 0 Å². The molecule has 19 heavy (non-hydrogen) atoms. The molecule has 1 aliphatic rings. The maximum absolute atomic E-state index is 8.85. The van der Waals surface area contributed by atoms with Gasteiger partial charge in [0, 0.05) is 10.5 Å². The van der Waals surface area contributed by atoms with E-state index < -0.39 is 0 Å². The molecule has 98 valence electrons. The first-order chi connectivity index (χ1) is 9.29. The molecule has 0 radical (unpaired) electrons. The fourth-order valence-corrected chi connectivity index (χ4v) is 3.25. The molecule has 2 aromatic rings. The summed E-state index contributed by atoms with van der Waals surface area (Å²) in [4.78, 5) is 1.21. The van der Waals surface area contributed by atoms with Gasteiger partial charge >= 0.3 is 0 Å². The van der Waals surface area contributed by atoms with E-state index in [9.17, 15) is 0 Å². The van der Waals surface area contributed by atoms with Gasteiger partial charge in [0.25, 0.3) is 0 Å². The summed E-state index contributed by atoms with van der Waals surface area (Å²) in [5.41, 5.74) is 6.48. The van der Waals surface area contributed by atoms with Crippen molar-refractivity contribution in [2.75, 3.05) is 13.2 Å². The van der Waals surface area contributed by atoms with Crippen LogP contribution in [-0.4, -0.2) is 29.5 Å². The first kappa shape index (κ1) is 12.3. The number of amidine groups is 1. The van der Waals surface area contributed by atoms with Gasteiger partial charge < -0.3 is 15.7 Å². The van der Waals surface area contributed by atoms with E-state index in [1.165, 1.54) is 4.90 Å². The average Bonchev–Trinajstić information content (AvgIpc) is 2.41. The first-order valence-corrected chi connectivity index (χ1v) is 6.91. The Kier molecular flexibility index (Phi) is 3.31. The molecule has 0 bridgehead atoms. The number of benzene rings is 2. The predicted octanol–water partition coefficient (Wildman–Crippen LogP) is 2.43. The van der Waals surface area contributed by atoms with Crippen LogP contribution in [0, 0.1) is 0 Å². The van der Waals surface area contributed by atoms with Crippen molar-refractivity contribution in [2.45, 2.75) is 10.1 Å². The third-order valence-electron chi connectivity index (χ3n) is 3.17. The normalized spacial score (nSPS) is 16.5. The van der Waals surface area contributed by atoms with Crippen LogP contribution in [0.25, 0.3) is 10.8 Å². The molecule has 1 fully saturated rings. The van der Waals surface area contributed by atoms with E-state index in [0.717, 1.165) is 29.5 Å². The summed E-state index contributed by atoms with van der Waals surface area (Å²) >= 11 is 1.82. The standard InChI is InChI=1S/C14H14N2O2S/c15-14(16-17)12-5-6-13(19-9-7-18-8-9)11-4-2-1-3-10(11)12/h1-6,9,17H,7-8H2,(H2,15,16). The SMILES string of the molecule is N/C(=N/O)c1ccc(SC2COC2)c2ccccc12. The number of rotatable bonds is 3. The summed E-state index contributed by atoms with van der Waals surface area (Å²) in [6.07, 6.45) is 0. The Morgan fingerprint density at radius 1 is 1.21 bits per heavy atom. The molecule has 0 spiro atoms. The van der Waals surface area contributed by atoms with Gasteiger partial charge in [0.1, 0.15) is 0 Å². The summed E-state index contributed by atoms with van der Waals surface area (Å²) in [6, 6.07) is 11.9. The molecule has 1 heterocycles. The zero-order valence-electron chi connectivity index (χ0n) is 10.2. The molecule has 2 aromatic carbocycles. The Hall–Kier alpha value is -1.72. The van der Waals surface area contributed by atoms with Gasteiger partial charge in [-0.1, -0.05) is 29.4 Å². The molecule has 0 aliphatic carbocycles. The lowest BCUT2D eigenvalue weighted by Gasteiger charge is -2.25. The maximum atomic E-state index is 8.85. The van der Waals surface area contributed by atoms with Crippen molar-refractivity contribution in [1.82, 2.24) is 0 Å². The van der Waals surface area contributed by atoms with Crippen LogP contribution in [-0.2, 0) is 4.74 Å². The highest BCUT2D eigenvalue weighted by molar-refractivity contribution is 8.00. The molecule has 0 atom stereocenters. The minimum absolute atomic E-state index is 0.139. The fraction of sp³-hybridized carbons (Fsp3) is 0.214. The lowest BCUT2D eigenvalue weighted by Crippen LogP contribution is -2.30. The molecular formula is C14H14N2O2S. The van der Waals surface area contributed by atoms with E-state index in [2.05, 4.69) is 11.2 Å². The molecule has 0 saturated carbocycles. The summed E-state index contributed by atoms with van der Waals surface area (Å²) in [6.45, 7) is 1.61. The summed E-state index contributed by atoms with van der Waals surface area (Å²) in [7, 11) is 0. The van der Waals surface area contributed by atoms with Crippen LogP contribution in [0.3, 0.4) is 0 Å². The Labute approximate surface area is 115 Å². The Bertz CT molecular complexity index is 638. The molecule has 0 aromatic heterocycles. The molecule has 3 rings (SSSR count). The van der Waals surface area contributed by atoms with E-state index in [0.29, 0.717) is 5.25 Å². The highest BCUT2D eigenvalue weighted by Crippen LogP contribution is 2.34. The predicted molar refractivity (Wildman–Crippen MR) is 76.9 cm³/mol. The van der Waals surface area contributed by atoms with Gasteiger partial charge in [-0.15, -0.1) is 11.8 Å². The quantitative estimate of drug-likeness (QED) is 0.390. The smallest absolute Gasteiger partial charge is 0.170 e. The fourth-order valence-electron chi connectivity index (χ4n) is 2.11. The molecule has 5 heteroatoms. The van der Waals surface area contributed by atoms with Gasteiger partial charge in [-0.3, -0.25) is 0 Å². The van der Waals surface area contributed by atoms with Gasteiger partial charge in [-0.05, 0) is 22.9 Å². The number of hydrogen-bond acceptors (Lipinski definition) is 4. The highest BCUT2D eigenvalue weighted by atomic mass is 32.2. The zero-order chi connectivity index (χ0) is 13.2. The second-order valence-corrected chi connectivity index (χ2v) is 5.76. The highest BCUT2D eigenvalue weighted by Gasteiger charge is 2.21. The first-order valence-electron chi connectivity index (χ1n) is 6.03. The number of nitrogens with two attached hydrogens (primary N) is 1. The van der Waals surface area contributed by atoms with Gasteiger partial charge in [0.2, 0.25) is 0 Å². The third kappa shape index (κ3) is 2.27. The van der Waals surface area contributed by atoms with Gasteiger partial charge in [-0.2, -0.15) is 0 Å². The Balaban J connectivity index is 2.10. The van der Waals surface area contributed by atoms with Crippen LogP contribution in [0.15, 0.2) is 46.4 Å². The van der Waals surface area contributed by atoms with Crippen molar-refractivity contribution in [1.29, 1.82) is 0 Å². The second kappa shape index (κ2) is 5.11. The number of thioether (sulfide) groups is 1. The molecule has 0 amide bonds. The number of ether oxygens (including phenoxy) is 1. The van der Waals surface area contributed by atoms with Crippen LogP contribution < -0.4 is 5.73 Å². The van der Waals surface area contributed by atoms with Crippen LogP contribution in [0.1, 0.15) is 5.56 Å². The lowest BCUT2D eigenvalue weighted by atomic mass is 10.0. The van der Waals surface area contributed by atoms with Crippen molar-refractivity contribution >= 4 is 28.4 Å². The second-order valence-electron chi connectivity index (χ2n) is 4.42. The molecule has 4 nitrogen and oxygen atoms in total. The average molecular weight is 274 g/mol. The van der Waals surface area contributed by atoms with Crippen LogP contribution in [0.5, 0.6) is 0 Å². The Morgan fingerprint density at radius 2 is 1.95 bits per heavy atom. The van der Waals surface area contributed by atoms with Crippen molar-refractivity contribution in [2.24, 2.45) is 10.9 Å². The van der Waals surface area contributed by atoms with Crippen molar-refractivity contribution in [3.05, 3.63) is 42.0 Å². The number of hydrogen-bond donors (Lipinski definition) is 2. The summed E-state index contributed by atoms with van der Waals surface area (Å²) < 4.78 is 5.21. The van der Waals surface area contributed by atoms with E-state index in [1.54, 1.807) is 0 Å². The minimum atomic E-state index is 0.139. The van der Waals surface area contributed by atoms with Crippen molar-refractivity contribution in [3.8, 4) is 0 Å². The monoisotopic (exact) mass is 274 g/mol. The molecule has 1 saturated heterocycles. The van der Waals surface area contributed by atoms with Crippen LogP contribution in [0.4, 0.5) is 0 Å². The van der Waals surface area contributed by atoms with E-state index in [1.807, 2.05) is 42.1 Å². The number of fused-ring (bicyclic) bond motifs is 1. The van der Waals surface area contributed by atoms with Crippen LogP contribution in [0.2, 0.25) is 0 Å². The summed E-state index contributed by atoms with van der Waals surface area (Å²) in [5.74, 6) is 0.139. The molecule has 3 N–H and O–H groups in total. The molecule has 0 unspecified atom stereocenters. The Morgan fingerprint density at radius 3 is 2.58 bits per heavy atom. The van der Waals surface area contributed by atoms with Gasteiger partial charge in [0.15, 0.2) is 5.84 Å². The van der Waals surface area contributed by atoms with E-state index in [4.69, 9.17) is 15.7 Å². The summed E-state index contributed by atoms with van der Waals surface area (Å²) in [5, 5.41) is 14.6. The lowest BCUT2D eigenvalue weighted by molar-refractivity contribution is 0.0455. The van der Waals surface area contributed by atoms with Crippen LogP contribution >= 0.6 is 11.8 Å². The maximum Gasteiger partial charge on any atom is 0.170 e. The largest absolute Gasteiger partial charge is 0.409 e. The minimum Gasteiger partial charge on any atom is -0.409 e. The van der Waals surface area contributed by atoms with Crippen molar-refractivity contribution < 1.29 is 9.94 Å². The number of oxime groups is 1. The zero-order valence-corrected chi connectivity index (χ0v) is 11.1. The van der Waals surface area contributed by atoms with Gasteiger partial charge in [-0.25, -0.2) is 0 Å². The third-order valence-corrected chi connectivity index (χ3v) is 4.38. The van der Waals surface area contributed by atoms with Gasteiger partial charge in [0.05, 0.1) is 18.5 Å². The molecule has 1 aliphatic heterocycles. The topological polar surface area (TPSA) is 67.8 Å². The van der Waals surface area contributed by atoms with E-state index in [-0.39, 0.29) is 5.84 Å².